The predicted molar refractivity (Wildman–Crippen MR) is 158 cm³/mol. The summed E-state index contributed by atoms with van der Waals surface area (Å²) in [4.78, 5) is 27.2. The zero-order valence-corrected chi connectivity index (χ0v) is 24.1. The van der Waals surface area contributed by atoms with Gasteiger partial charge in [0.15, 0.2) is 5.65 Å². The number of benzene rings is 1. The summed E-state index contributed by atoms with van der Waals surface area (Å²) in [5, 5.41) is 14.1. The molecular formula is C30H37ClN6O4. The SMILES string of the molecule is COC[C@@H](O)CN1CCC(c2ccc(-c3nc4ncc(Cl)c(N[C@@H]5[C@H]6C=CC(C6)[C@@H]5C(N)=O)c4[nH]3)c(OC)c2)CC1. The minimum Gasteiger partial charge on any atom is -0.496 e. The number of methoxy groups -OCH3 is 2. The minimum atomic E-state index is -0.463. The first-order valence-electron chi connectivity index (χ1n) is 14.2. The fourth-order valence-electron chi connectivity index (χ4n) is 6.93. The number of aliphatic hydroxyl groups excluding tert-OH is 1. The van der Waals surface area contributed by atoms with Crippen molar-refractivity contribution >= 4 is 34.4 Å². The summed E-state index contributed by atoms with van der Waals surface area (Å²) in [6.45, 7) is 2.84. The van der Waals surface area contributed by atoms with Crippen LogP contribution in [0.1, 0.15) is 30.7 Å². The molecule has 0 radical (unpaired) electrons. The number of aromatic amines is 1. The number of hydrogen-bond donors (Lipinski definition) is 4. The summed E-state index contributed by atoms with van der Waals surface area (Å²) in [5.41, 5.74) is 9.71. The number of imidazole rings is 1. The van der Waals surface area contributed by atoms with Crippen LogP contribution in [0.25, 0.3) is 22.6 Å². The van der Waals surface area contributed by atoms with Crippen molar-refractivity contribution in [1.82, 2.24) is 19.9 Å². The van der Waals surface area contributed by atoms with Crippen molar-refractivity contribution in [2.45, 2.75) is 37.3 Å². The molecule has 41 heavy (non-hydrogen) atoms. The Kier molecular flexibility index (Phi) is 7.91. The van der Waals surface area contributed by atoms with Gasteiger partial charge < -0.3 is 35.5 Å². The third kappa shape index (κ3) is 5.41. The third-order valence-electron chi connectivity index (χ3n) is 8.94. The number of allylic oxidation sites excluding steroid dienone is 1. The van der Waals surface area contributed by atoms with E-state index in [1.165, 1.54) is 5.56 Å². The van der Waals surface area contributed by atoms with Crippen LogP contribution in [0.5, 0.6) is 5.75 Å². The molecule has 3 aromatic rings. The summed E-state index contributed by atoms with van der Waals surface area (Å²) in [5.74, 6) is 1.55. The number of primary amides is 1. The topological polar surface area (TPSA) is 139 Å². The average molecular weight is 581 g/mol. The Morgan fingerprint density at radius 1 is 1.27 bits per heavy atom. The molecular weight excluding hydrogens is 544 g/mol. The number of nitrogens with zero attached hydrogens (tertiary/aromatic N) is 3. The van der Waals surface area contributed by atoms with E-state index in [-0.39, 0.29) is 29.7 Å². The number of amides is 1. The highest BCUT2D eigenvalue weighted by atomic mass is 35.5. The fraction of sp³-hybridized carbons (Fsp3) is 0.500. The van der Waals surface area contributed by atoms with Gasteiger partial charge in [0.05, 0.1) is 48.2 Å². The maximum absolute atomic E-state index is 12.3. The van der Waals surface area contributed by atoms with Crippen molar-refractivity contribution in [1.29, 1.82) is 0 Å². The lowest BCUT2D eigenvalue weighted by Gasteiger charge is -2.33. The van der Waals surface area contributed by atoms with Crippen LogP contribution in [0.2, 0.25) is 5.02 Å². The van der Waals surface area contributed by atoms with Crippen LogP contribution in [0.4, 0.5) is 5.69 Å². The molecule has 10 nitrogen and oxygen atoms in total. The Labute approximate surface area is 244 Å². The zero-order valence-electron chi connectivity index (χ0n) is 23.3. The monoisotopic (exact) mass is 580 g/mol. The molecule has 2 fully saturated rings. The molecule has 1 saturated carbocycles. The molecule has 6 rings (SSSR count). The number of nitrogens with one attached hydrogen (secondary N) is 2. The van der Waals surface area contributed by atoms with E-state index in [4.69, 9.17) is 31.8 Å². The number of aromatic nitrogens is 3. The van der Waals surface area contributed by atoms with E-state index in [1.54, 1.807) is 20.4 Å². The molecule has 1 aliphatic heterocycles. The molecule has 5 atom stereocenters. The number of rotatable bonds is 10. The Bertz CT molecular complexity index is 1450. The summed E-state index contributed by atoms with van der Waals surface area (Å²) in [6.07, 6.45) is 8.30. The van der Waals surface area contributed by atoms with Crippen LogP contribution in [-0.2, 0) is 9.53 Å². The van der Waals surface area contributed by atoms with Gasteiger partial charge in [-0.15, -0.1) is 0 Å². The molecule has 218 valence electrons. The molecule has 2 aromatic heterocycles. The molecule has 1 saturated heterocycles. The van der Waals surface area contributed by atoms with Gasteiger partial charge in [-0.2, -0.15) is 0 Å². The van der Waals surface area contributed by atoms with E-state index in [0.717, 1.165) is 43.7 Å². The molecule has 5 N–H and O–H groups in total. The Morgan fingerprint density at radius 3 is 2.78 bits per heavy atom. The maximum Gasteiger partial charge on any atom is 0.223 e. The normalized spacial score (nSPS) is 25.2. The van der Waals surface area contributed by atoms with Gasteiger partial charge in [-0.25, -0.2) is 9.97 Å². The number of aliphatic hydroxyl groups is 1. The quantitative estimate of drug-likeness (QED) is 0.267. The molecule has 1 amide bonds. The first-order valence-corrected chi connectivity index (χ1v) is 14.6. The minimum absolute atomic E-state index is 0.138. The Morgan fingerprint density at radius 2 is 2.05 bits per heavy atom. The zero-order chi connectivity index (χ0) is 28.7. The van der Waals surface area contributed by atoms with Crippen molar-refractivity contribution in [2.75, 3.05) is 45.8 Å². The number of likely N-dealkylation sites (tertiary alicyclic amines) is 1. The Balaban J connectivity index is 1.23. The number of piperidine rings is 1. The fourth-order valence-corrected chi connectivity index (χ4v) is 7.12. The molecule has 1 unspecified atom stereocenters. The first-order chi connectivity index (χ1) is 19.9. The van der Waals surface area contributed by atoms with Crippen LogP contribution < -0.4 is 15.8 Å². The Hall–Kier alpha value is -3.18. The molecule has 11 heteroatoms. The van der Waals surface area contributed by atoms with Gasteiger partial charge in [-0.05, 0) is 67.8 Å². The summed E-state index contributed by atoms with van der Waals surface area (Å²) >= 11 is 6.63. The van der Waals surface area contributed by atoms with Crippen molar-refractivity contribution in [3.63, 3.8) is 0 Å². The summed E-state index contributed by atoms with van der Waals surface area (Å²) in [6, 6.07) is 6.14. The molecule has 2 aliphatic carbocycles. The highest BCUT2D eigenvalue weighted by Gasteiger charge is 2.47. The number of halogens is 1. The van der Waals surface area contributed by atoms with Crippen LogP contribution in [0, 0.1) is 17.8 Å². The van der Waals surface area contributed by atoms with Gasteiger partial charge in [-0.1, -0.05) is 29.8 Å². The summed E-state index contributed by atoms with van der Waals surface area (Å²) < 4.78 is 10.9. The third-order valence-corrected chi connectivity index (χ3v) is 9.23. The van der Waals surface area contributed by atoms with E-state index in [1.807, 2.05) is 6.07 Å². The van der Waals surface area contributed by atoms with Gasteiger partial charge in [0.25, 0.3) is 0 Å². The second-order valence-corrected chi connectivity index (χ2v) is 11.9. The smallest absolute Gasteiger partial charge is 0.223 e. The number of carbonyl (C=O) groups is 1. The second kappa shape index (κ2) is 11.6. The van der Waals surface area contributed by atoms with E-state index in [9.17, 15) is 9.90 Å². The number of H-pyrrole nitrogens is 1. The number of β-amino-alcohol motifs (C(OH)–C–C–N with tert-alkyl or cyclic N) is 1. The number of fused-ring (bicyclic) bond motifs is 3. The van der Waals surface area contributed by atoms with Gasteiger partial charge in [0.2, 0.25) is 5.91 Å². The van der Waals surface area contributed by atoms with E-state index >= 15 is 0 Å². The molecule has 3 heterocycles. The molecule has 2 bridgehead atoms. The number of pyridine rings is 1. The van der Waals surface area contributed by atoms with Crippen LogP contribution >= 0.6 is 11.6 Å². The van der Waals surface area contributed by atoms with Crippen molar-refractivity contribution in [3.05, 3.63) is 47.1 Å². The van der Waals surface area contributed by atoms with Crippen molar-refractivity contribution in [2.24, 2.45) is 23.5 Å². The largest absolute Gasteiger partial charge is 0.496 e. The van der Waals surface area contributed by atoms with Crippen molar-refractivity contribution < 1.29 is 19.4 Å². The van der Waals surface area contributed by atoms with E-state index in [0.29, 0.717) is 46.8 Å². The first kappa shape index (κ1) is 28.0. The van der Waals surface area contributed by atoms with E-state index < -0.39 is 6.10 Å². The van der Waals surface area contributed by atoms with Gasteiger partial charge in [0.1, 0.15) is 17.1 Å². The lowest BCUT2D eigenvalue weighted by Crippen LogP contribution is -2.41. The standard InChI is InChI=1S/C30H37ClN6O4/c1-40-15-20(38)14-37-9-7-16(8-10-37)17-5-6-21(23(12-17)41-2)29-35-27-26(22(31)13-33-30(27)36-29)34-25-19-4-3-18(11-19)24(25)28(32)39/h3-6,12-13,16,18-20,24-25,38H,7-11,14-15H2,1-2H3,(H2,32,39)(H2,33,34,35,36)/t18?,19-,20-,24-,25+/m0/s1. The summed E-state index contributed by atoms with van der Waals surface area (Å²) in [7, 11) is 3.27. The predicted octanol–water partition coefficient (Wildman–Crippen LogP) is 3.56. The molecule has 0 spiro atoms. The van der Waals surface area contributed by atoms with Gasteiger partial charge in [0, 0.05) is 19.7 Å². The number of nitrogens with two attached hydrogens (primary N) is 1. The molecule has 1 aromatic carbocycles. The van der Waals surface area contributed by atoms with Gasteiger partial charge >= 0.3 is 0 Å². The lowest BCUT2D eigenvalue weighted by atomic mass is 9.88. The maximum atomic E-state index is 12.3. The number of ether oxygens (including phenoxy) is 2. The number of carbonyl (C=O) groups excluding carboxylic acids is 1. The lowest BCUT2D eigenvalue weighted by molar-refractivity contribution is -0.122. The van der Waals surface area contributed by atoms with Crippen LogP contribution in [0.15, 0.2) is 36.5 Å². The van der Waals surface area contributed by atoms with E-state index in [2.05, 4.69) is 44.5 Å². The molecule has 3 aliphatic rings. The highest BCUT2D eigenvalue weighted by Crippen LogP contribution is 2.46. The second-order valence-electron chi connectivity index (χ2n) is 11.5. The highest BCUT2D eigenvalue weighted by molar-refractivity contribution is 6.34. The van der Waals surface area contributed by atoms with Gasteiger partial charge in [-0.3, -0.25) is 4.79 Å². The number of hydrogen-bond acceptors (Lipinski definition) is 8. The van der Waals surface area contributed by atoms with Crippen LogP contribution in [-0.4, -0.2) is 83.5 Å². The number of anilines is 1. The van der Waals surface area contributed by atoms with Crippen molar-refractivity contribution in [3.8, 4) is 17.1 Å². The average Bonchev–Trinajstić information content (AvgIpc) is 3.70. The van der Waals surface area contributed by atoms with Crippen LogP contribution in [0.3, 0.4) is 0 Å².